The largest absolute Gasteiger partial charge is 0.399 e. The molecule has 0 aromatic heterocycles. The molecule has 3 aromatic carbocycles. The van der Waals surface area contributed by atoms with Crippen LogP contribution in [-0.2, 0) is 9.59 Å². The van der Waals surface area contributed by atoms with Gasteiger partial charge in [0.15, 0.2) is 0 Å². The van der Waals surface area contributed by atoms with E-state index in [1.165, 1.54) is 4.90 Å². The lowest BCUT2D eigenvalue weighted by Gasteiger charge is -2.23. The Morgan fingerprint density at radius 2 is 1.48 bits per heavy atom. The number of nitrogens with one attached hydrogen (secondary N) is 1. The van der Waals surface area contributed by atoms with Crippen LogP contribution in [-0.4, -0.2) is 11.8 Å². The number of carbonyl (C=O) groups excluding carboxylic acids is 2. The van der Waals surface area contributed by atoms with Crippen molar-refractivity contribution in [3.05, 3.63) is 83.9 Å². The van der Waals surface area contributed by atoms with Gasteiger partial charge in [0.2, 0.25) is 0 Å². The van der Waals surface area contributed by atoms with Gasteiger partial charge in [0.25, 0.3) is 0 Å². The minimum Gasteiger partial charge on any atom is -0.399 e. The van der Waals surface area contributed by atoms with Gasteiger partial charge < -0.3 is 11.1 Å². The Morgan fingerprint density at radius 1 is 0.862 bits per heavy atom. The van der Waals surface area contributed by atoms with Gasteiger partial charge in [-0.2, -0.15) is 0 Å². The molecule has 3 aromatic rings. The minimum atomic E-state index is -0.693. The maximum atomic E-state index is 13.2. The molecule has 3 N–H and O–H groups in total. The highest BCUT2D eigenvalue weighted by molar-refractivity contribution is 6.45. The van der Waals surface area contributed by atoms with Crippen LogP contribution in [0.2, 0.25) is 0 Å². The number of nitrogen functional groups attached to an aromatic ring is 1. The molecule has 0 unspecified atom stereocenters. The van der Waals surface area contributed by atoms with Crippen molar-refractivity contribution in [1.29, 1.82) is 0 Å². The van der Waals surface area contributed by atoms with Crippen molar-refractivity contribution in [2.45, 2.75) is 26.7 Å². The summed E-state index contributed by atoms with van der Waals surface area (Å²) in [5.74, 6) is -1.15. The number of rotatable bonds is 4. The lowest BCUT2D eigenvalue weighted by molar-refractivity contribution is -0.134. The van der Waals surface area contributed by atoms with Gasteiger partial charge in [0.1, 0.15) is 0 Å². The molecule has 5 heteroatoms. The highest BCUT2D eigenvalue weighted by Crippen LogP contribution is 2.29. The van der Waals surface area contributed by atoms with Crippen molar-refractivity contribution in [3.8, 4) is 0 Å². The first-order valence-electron chi connectivity index (χ1n) is 9.54. The molecule has 0 spiro atoms. The molecule has 2 amide bonds. The molecule has 0 aliphatic rings. The van der Waals surface area contributed by atoms with E-state index in [-0.39, 0.29) is 5.92 Å². The van der Waals surface area contributed by atoms with Gasteiger partial charge in [0.05, 0.1) is 0 Å². The third-order valence-electron chi connectivity index (χ3n) is 4.73. The predicted molar refractivity (Wildman–Crippen MR) is 118 cm³/mol. The number of hydrogen-bond acceptors (Lipinski definition) is 3. The van der Waals surface area contributed by atoms with Crippen LogP contribution in [0, 0.1) is 6.92 Å². The number of aryl methyl sites for hydroxylation is 1. The molecule has 0 atom stereocenters. The van der Waals surface area contributed by atoms with Crippen LogP contribution in [0.25, 0.3) is 0 Å². The van der Waals surface area contributed by atoms with Crippen molar-refractivity contribution < 1.29 is 9.59 Å². The van der Waals surface area contributed by atoms with E-state index in [0.717, 1.165) is 11.1 Å². The van der Waals surface area contributed by atoms with Crippen molar-refractivity contribution in [3.63, 3.8) is 0 Å². The van der Waals surface area contributed by atoms with Gasteiger partial charge in [-0.15, -0.1) is 0 Å². The number of amides is 2. The predicted octanol–water partition coefficient (Wildman–Crippen LogP) is 5.00. The molecule has 0 bridgehead atoms. The normalized spacial score (nSPS) is 10.6. The lowest BCUT2D eigenvalue weighted by Crippen LogP contribution is -2.37. The first kappa shape index (κ1) is 20.1. The van der Waals surface area contributed by atoms with Crippen LogP contribution in [0.15, 0.2) is 72.8 Å². The molecule has 0 saturated carbocycles. The molecule has 29 heavy (non-hydrogen) atoms. The lowest BCUT2D eigenvalue weighted by atomic mass is 9.98. The Labute approximate surface area is 171 Å². The molecule has 3 rings (SSSR count). The number of hydrogen-bond donors (Lipinski definition) is 2. The quantitative estimate of drug-likeness (QED) is 0.488. The monoisotopic (exact) mass is 387 g/mol. The Balaban J connectivity index is 1.97. The van der Waals surface area contributed by atoms with Crippen LogP contribution < -0.4 is 16.0 Å². The maximum Gasteiger partial charge on any atom is 0.321 e. The highest BCUT2D eigenvalue weighted by Gasteiger charge is 2.26. The second-order valence-corrected chi connectivity index (χ2v) is 7.22. The fourth-order valence-electron chi connectivity index (χ4n) is 3.19. The van der Waals surface area contributed by atoms with Gasteiger partial charge >= 0.3 is 11.8 Å². The van der Waals surface area contributed by atoms with Gasteiger partial charge in [-0.1, -0.05) is 50.2 Å². The molecule has 0 saturated heterocycles. The summed E-state index contributed by atoms with van der Waals surface area (Å²) < 4.78 is 0. The van der Waals surface area contributed by atoms with Crippen molar-refractivity contribution in [2.75, 3.05) is 16.0 Å². The molecule has 0 radical (unpaired) electrons. The smallest absolute Gasteiger partial charge is 0.321 e. The van der Waals surface area contributed by atoms with Gasteiger partial charge in [-0.25, -0.2) is 0 Å². The van der Waals surface area contributed by atoms with E-state index in [1.807, 2.05) is 43.3 Å². The van der Waals surface area contributed by atoms with Crippen molar-refractivity contribution >= 4 is 34.6 Å². The van der Waals surface area contributed by atoms with Crippen molar-refractivity contribution in [1.82, 2.24) is 0 Å². The molecule has 0 aliphatic heterocycles. The summed E-state index contributed by atoms with van der Waals surface area (Å²) in [6.45, 7) is 6.02. The number of benzene rings is 3. The fourth-order valence-corrected chi connectivity index (χ4v) is 3.19. The van der Waals surface area contributed by atoms with Gasteiger partial charge in [0, 0.05) is 22.7 Å². The second-order valence-electron chi connectivity index (χ2n) is 7.22. The molecule has 0 aliphatic carbocycles. The van der Waals surface area contributed by atoms with Gasteiger partial charge in [-0.05, 0) is 60.4 Å². The van der Waals surface area contributed by atoms with Crippen LogP contribution in [0.5, 0.6) is 0 Å². The van der Waals surface area contributed by atoms with Crippen LogP contribution in [0.4, 0.5) is 22.7 Å². The Kier molecular flexibility index (Phi) is 5.98. The fraction of sp³-hybridized carbons (Fsp3) is 0.167. The molecular weight excluding hydrogens is 362 g/mol. The van der Waals surface area contributed by atoms with E-state index in [9.17, 15) is 9.59 Å². The summed E-state index contributed by atoms with van der Waals surface area (Å²) in [5.41, 5.74) is 10.1. The SMILES string of the molecule is Cc1cccc(C(C)C)c1NC(=O)C(=O)N(c1ccccc1)c1ccc(N)cc1. The number of anilines is 4. The first-order valence-corrected chi connectivity index (χ1v) is 9.54. The summed E-state index contributed by atoms with van der Waals surface area (Å²) in [7, 11) is 0. The van der Waals surface area contributed by atoms with Gasteiger partial charge in [-0.3, -0.25) is 14.5 Å². The second kappa shape index (κ2) is 8.61. The Hall–Kier alpha value is -3.60. The average molecular weight is 387 g/mol. The van der Waals surface area contributed by atoms with E-state index >= 15 is 0 Å². The number of para-hydroxylation sites is 2. The third-order valence-corrected chi connectivity index (χ3v) is 4.73. The standard InChI is InChI=1S/C24H25N3O2/c1-16(2)21-11-7-8-17(3)22(21)26-23(28)24(29)27(19-9-5-4-6-10-19)20-14-12-18(25)13-15-20/h4-16H,25H2,1-3H3,(H,26,28). The zero-order valence-corrected chi connectivity index (χ0v) is 16.8. The zero-order chi connectivity index (χ0) is 21.0. The van der Waals surface area contributed by atoms with Crippen LogP contribution >= 0.6 is 0 Å². The highest BCUT2D eigenvalue weighted by atomic mass is 16.2. The number of nitrogens with zero attached hydrogens (tertiary/aromatic N) is 1. The Bertz CT molecular complexity index is 1010. The number of nitrogens with two attached hydrogens (primary N) is 1. The zero-order valence-electron chi connectivity index (χ0n) is 16.8. The van der Waals surface area contributed by atoms with E-state index < -0.39 is 11.8 Å². The summed E-state index contributed by atoms with van der Waals surface area (Å²) in [6.07, 6.45) is 0. The molecular formula is C24H25N3O2. The van der Waals surface area contributed by atoms with E-state index in [0.29, 0.717) is 22.7 Å². The van der Waals surface area contributed by atoms with Crippen LogP contribution in [0.1, 0.15) is 30.9 Å². The molecule has 0 fully saturated rings. The number of carbonyl (C=O) groups is 2. The molecule has 148 valence electrons. The third kappa shape index (κ3) is 4.46. The van der Waals surface area contributed by atoms with E-state index in [1.54, 1.807) is 36.4 Å². The van der Waals surface area contributed by atoms with E-state index in [4.69, 9.17) is 5.73 Å². The summed E-state index contributed by atoms with van der Waals surface area (Å²) in [4.78, 5) is 27.6. The summed E-state index contributed by atoms with van der Waals surface area (Å²) >= 11 is 0. The summed E-state index contributed by atoms with van der Waals surface area (Å²) in [6, 6.07) is 21.8. The minimum absolute atomic E-state index is 0.211. The average Bonchev–Trinajstić information content (AvgIpc) is 2.71. The van der Waals surface area contributed by atoms with E-state index in [2.05, 4.69) is 19.2 Å². The molecule has 5 nitrogen and oxygen atoms in total. The molecule has 0 heterocycles. The van der Waals surface area contributed by atoms with Crippen LogP contribution in [0.3, 0.4) is 0 Å². The summed E-state index contributed by atoms with van der Waals surface area (Å²) in [5, 5.41) is 2.84. The Morgan fingerprint density at radius 3 is 2.10 bits per heavy atom. The topological polar surface area (TPSA) is 75.4 Å². The first-order chi connectivity index (χ1) is 13.9. The van der Waals surface area contributed by atoms with Crippen molar-refractivity contribution in [2.24, 2.45) is 0 Å². The maximum absolute atomic E-state index is 13.2.